The van der Waals surface area contributed by atoms with Gasteiger partial charge in [-0.25, -0.2) is 8.42 Å². The number of aryl methyl sites for hydroxylation is 1. The minimum Gasteiger partial charge on any atom is -0.493 e. The number of benzene rings is 1. The maximum Gasteiger partial charge on any atom is 0.261 e. The van der Waals surface area contributed by atoms with Crippen molar-refractivity contribution in [3.05, 3.63) is 23.3 Å². The van der Waals surface area contributed by atoms with Gasteiger partial charge in [0.2, 0.25) is 0 Å². The second-order valence-corrected chi connectivity index (χ2v) is 8.74. The summed E-state index contributed by atoms with van der Waals surface area (Å²) in [5, 5.41) is 0. The van der Waals surface area contributed by atoms with Crippen LogP contribution in [-0.4, -0.2) is 15.0 Å². The van der Waals surface area contributed by atoms with Crippen molar-refractivity contribution in [1.29, 1.82) is 0 Å². The highest BCUT2D eigenvalue weighted by molar-refractivity contribution is 8.13. The fraction of sp³-hybridized carbons (Fsp3) is 0.625. The molecule has 1 aliphatic carbocycles. The van der Waals surface area contributed by atoms with E-state index in [-0.39, 0.29) is 10.8 Å². The van der Waals surface area contributed by atoms with Crippen LogP contribution in [0.15, 0.2) is 17.0 Å². The first-order valence-electron chi connectivity index (χ1n) is 7.51. The molecule has 1 saturated carbocycles. The van der Waals surface area contributed by atoms with Crippen molar-refractivity contribution >= 4 is 19.7 Å². The number of ether oxygens (including phenoxy) is 1. The number of halogens is 1. The lowest BCUT2D eigenvalue weighted by Gasteiger charge is -2.17. The molecule has 1 fully saturated rings. The van der Waals surface area contributed by atoms with E-state index in [2.05, 4.69) is 0 Å². The van der Waals surface area contributed by atoms with E-state index in [1.807, 2.05) is 26.8 Å². The Bertz CT molecular complexity index is 602. The third-order valence-electron chi connectivity index (χ3n) is 4.14. The highest BCUT2D eigenvalue weighted by Crippen LogP contribution is 2.34. The van der Waals surface area contributed by atoms with Crippen LogP contribution in [0.25, 0.3) is 0 Å². The van der Waals surface area contributed by atoms with Crippen LogP contribution in [0.1, 0.15) is 56.6 Å². The van der Waals surface area contributed by atoms with E-state index in [4.69, 9.17) is 15.4 Å². The molecule has 2 rings (SSSR count). The molecule has 1 aliphatic rings. The molecular weight excluding hydrogens is 308 g/mol. The minimum atomic E-state index is -3.73. The van der Waals surface area contributed by atoms with Crippen molar-refractivity contribution in [1.82, 2.24) is 0 Å². The first-order valence-corrected chi connectivity index (χ1v) is 9.82. The van der Waals surface area contributed by atoms with E-state index in [1.165, 1.54) is 25.7 Å². The average Bonchev–Trinajstić information content (AvgIpc) is 2.88. The number of hydrogen-bond donors (Lipinski definition) is 0. The van der Waals surface area contributed by atoms with Gasteiger partial charge in [0.25, 0.3) is 9.05 Å². The molecule has 0 unspecified atom stereocenters. The lowest BCUT2D eigenvalue weighted by atomic mass is 10.0. The molecule has 0 aromatic heterocycles. The zero-order chi connectivity index (χ0) is 15.6. The van der Waals surface area contributed by atoms with Crippen LogP contribution in [0.5, 0.6) is 5.75 Å². The monoisotopic (exact) mass is 330 g/mol. The van der Waals surface area contributed by atoms with E-state index in [1.54, 1.807) is 6.07 Å². The summed E-state index contributed by atoms with van der Waals surface area (Å²) in [5.74, 6) is 1.47. The van der Waals surface area contributed by atoms with Crippen LogP contribution >= 0.6 is 10.7 Å². The van der Waals surface area contributed by atoms with Crippen molar-refractivity contribution < 1.29 is 13.2 Å². The Morgan fingerprint density at radius 1 is 1.29 bits per heavy atom. The maximum absolute atomic E-state index is 11.7. The van der Waals surface area contributed by atoms with Gasteiger partial charge in [0.15, 0.2) is 0 Å². The van der Waals surface area contributed by atoms with Crippen molar-refractivity contribution in [3.63, 3.8) is 0 Å². The smallest absolute Gasteiger partial charge is 0.261 e. The first-order chi connectivity index (χ1) is 9.79. The molecule has 21 heavy (non-hydrogen) atoms. The summed E-state index contributed by atoms with van der Waals surface area (Å²) in [7, 11) is 1.81. The quantitative estimate of drug-likeness (QED) is 0.740. The SMILES string of the molecule is Cc1cc(S(=O)(=O)Cl)c(C(C)C)cc1OCC1CCCC1. The predicted octanol–water partition coefficient (Wildman–Crippen LogP) is 4.61. The molecule has 1 aromatic carbocycles. The second-order valence-electron chi connectivity index (χ2n) is 6.21. The molecule has 0 atom stereocenters. The summed E-state index contributed by atoms with van der Waals surface area (Å²) in [6.45, 7) is 6.49. The fourth-order valence-electron chi connectivity index (χ4n) is 2.88. The lowest BCUT2D eigenvalue weighted by molar-refractivity contribution is 0.250. The van der Waals surface area contributed by atoms with Crippen LogP contribution in [0.2, 0.25) is 0 Å². The molecular formula is C16H23ClO3S. The van der Waals surface area contributed by atoms with Crippen molar-refractivity contribution in [2.24, 2.45) is 5.92 Å². The van der Waals surface area contributed by atoms with Crippen molar-refractivity contribution in [2.45, 2.75) is 57.3 Å². The zero-order valence-corrected chi connectivity index (χ0v) is 14.4. The van der Waals surface area contributed by atoms with E-state index >= 15 is 0 Å². The van der Waals surface area contributed by atoms with Crippen LogP contribution in [0, 0.1) is 12.8 Å². The zero-order valence-electron chi connectivity index (χ0n) is 12.9. The molecule has 0 heterocycles. The van der Waals surface area contributed by atoms with Gasteiger partial charge in [-0.15, -0.1) is 0 Å². The van der Waals surface area contributed by atoms with Gasteiger partial charge >= 0.3 is 0 Å². The Morgan fingerprint density at radius 2 is 1.90 bits per heavy atom. The van der Waals surface area contributed by atoms with Gasteiger partial charge in [-0.05, 0) is 54.9 Å². The van der Waals surface area contributed by atoms with Crippen LogP contribution in [0.3, 0.4) is 0 Å². The Hall–Kier alpha value is -0.740. The van der Waals surface area contributed by atoms with E-state index in [9.17, 15) is 8.42 Å². The number of hydrogen-bond acceptors (Lipinski definition) is 3. The molecule has 0 N–H and O–H groups in total. The van der Waals surface area contributed by atoms with E-state index in [0.29, 0.717) is 12.5 Å². The van der Waals surface area contributed by atoms with Gasteiger partial charge in [-0.3, -0.25) is 0 Å². The van der Waals surface area contributed by atoms with E-state index < -0.39 is 9.05 Å². The maximum atomic E-state index is 11.7. The molecule has 0 radical (unpaired) electrons. The van der Waals surface area contributed by atoms with Crippen LogP contribution < -0.4 is 4.74 Å². The van der Waals surface area contributed by atoms with Crippen molar-refractivity contribution in [3.8, 4) is 5.75 Å². The summed E-state index contributed by atoms with van der Waals surface area (Å²) < 4.78 is 29.4. The standard InChI is InChI=1S/C16H23ClO3S/c1-11(2)14-9-15(20-10-13-6-4-5-7-13)12(3)8-16(14)21(17,18)19/h8-9,11,13H,4-7,10H2,1-3H3. The van der Waals surface area contributed by atoms with Gasteiger partial charge in [0, 0.05) is 10.7 Å². The minimum absolute atomic E-state index is 0.0722. The Balaban J connectivity index is 2.28. The average molecular weight is 331 g/mol. The summed E-state index contributed by atoms with van der Waals surface area (Å²) in [4.78, 5) is 0.199. The van der Waals surface area contributed by atoms with Gasteiger partial charge in [0.05, 0.1) is 11.5 Å². The largest absolute Gasteiger partial charge is 0.493 e. The van der Waals surface area contributed by atoms with Crippen molar-refractivity contribution in [2.75, 3.05) is 6.61 Å². The Kier molecular flexibility index (Phi) is 5.20. The topological polar surface area (TPSA) is 43.4 Å². The molecule has 0 spiro atoms. The molecule has 0 aliphatic heterocycles. The molecule has 118 valence electrons. The lowest BCUT2D eigenvalue weighted by Crippen LogP contribution is -2.10. The molecule has 0 saturated heterocycles. The highest BCUT2D eigenvalue weighted by Gasteiger charge is 2.21. The van der Waals surface area contributed by atoms with Crippen LogP contribution in [-0.2, 0) is 9.05 Å². The summed E-state index contributed by atoms with van der Waals surface area (Å²) in [6, 6.07) is 3.46. The fourth-order valence-corrected chi connectivity index (χ4v) is 4.17. The first kappa shape index (κ1) is 16.6. The summed E-state index contributed by atoms with van der Waals surface area (Å²) in [6.07, 6.45) is 5.02. The normalized spacial score (nSPS) is 16.6. The number of rotatable bonds is 5. The molecule has 1 aromatic rings. The summed E-state index contributed by atoms with van der Waals surface area (Å²) >= 11 is 0. The molecule has 3 nitrogen and oxygen atoms in total. The third-order valence-corrected chi connectivity index (χ3v) is 5.52. The predicted molar refractivity (Wildman–Crippen MR) is 85.8 cm³/mol. The van der Waals surface area contributed by atoms with Crippen LogP contribution in [0.4, 0.5) is 0 Å². The molecule has 0 bridgehead atoms. The third kappa shape index (κ3) is 4.13. The Labute approximate surface area is 132 Å². The highest BCUT2D eigenvalue weighted by atomic mass is 35.7. The molecule has 0 amide bonds. The van der Waals surface area contributed by atoms with Gasteiger partial charge in [0.1, 0.15) is 5.75 Å². The Morgan fingerprint density at radius 3 is 2.43 bits per heavy atom. The second kappa shape index (κ2) is 6.57. The van der Waals surface area contributed by atoms with E-state index in [0.717, 1.165) is 16.9 Å². The summed E-state index contributed by atoms with van der Waals surface area (Å²) in [5.41, 5.74) is 1.54. The van der Waals surface area contributed by atoms with Gasteiger partial charge < -0.3 is 4.74 Å². The molecule has 5 heteroatoms. The van der Waals surface area contributed by atoms with Gasteiger partial charge in [-0.2, -0.15) is 0 Å². The van der Waals surface area contributed by atoms with Gasteiger partial charge in [-0.1, -0.05) is 26.7 Å².